The highest BCUT2D eigenvalue weighted by molar-refractivity contribution is 6.00. The predicted octanol–water partition coefficient (Wildman–Crippen LogP) is 5.99. The summed E-state index contributed by atoms with van der Waals surface area (Å²) in [5.74, 6) is -0.174. The van der Waals surface area contributed by atoms with Gasteiger partial charge in [0, 0.05) is 22.7 Å². The standard InChI is InChI=1S/C26H18FN5O/c1-14-7-15(9-17(27)8-14)19-3-2-4-22-20(19)11-24(29-22)26-25-23(31-32-26)6-5-21(30-25)16-10-18(33)13-28-12-16/h2-13,29,33H,1H3,(H,31,32). The Balaban J connectivity index is 1.51. The molecule has 4 heterocycles. The number of aryl methyl sites for hydroxylation is 1. The molecule has 0 spiro atoms. The maximum atomic E-state index is 14.1. The lowest BCUT2D eigenvalue weighted by molar-refractivity contribution is 0.473. The molecule has 2 aromatic carbocycles. The average molecular weight is 435 g/mol. The van der Waals surface area contributed by atoms with Crippen molar-refractivity contribution in [2.45, 2.75) is 6.92 Å². The predicted molar refractivity (Wildman–Crippen MR) is 126 cm³/mol. The lowest BCUT2D eigenvalue weighted by atomic mass is 10.00. The Morgan fingerprint density at radius 2 is 1.82 bits per heavy atom. The molecule has 33 heavy (non-hydrogen) atoms. The first kappa shape index (κ1) is 19.2. The largest absolute Gasteiger partial charge is 0.506 e. The van der Waals surface area contributed by atoms with E-state index in [1.54, 1.807) is 18.3 Å². The normalized spacial score (nSPS) is 11.5. The van der Waals surface area contributed by atoms with E-state index in [1.165, 1.54) is 12.3 Å². The van der Waals surface area contributed by atoms with Crippen molar-refractivity contribution in [3.05, 3.63) is 84.4 Å². The van der Waals surface area contributed by atoms with E-state index >= 15 is 0 Å². The Labute approximate surface area is 187 Å². The molecule has 0 radical (unpaired) electrons. The number of hydrogen-bond donors (Lipinski definition) is 3. The molecule has 0 aliphatic heterocycles. The molecule has 0 saturated heterocycles. The first-order valence-electron chi connectivity index (χ1n) is 10.4. The van der Waals surface area contributed by atoms with Crippen LogP contribution in [0.1, 0.15) is 5.56 Å². The minimum atomic E-state index is -0.255. The number of aromatic amines is 2. The van der Waals surface area contributed by atoms with Crippen molar-refractivity contribution in [2.24, 2.45) is 0 Å². The van der Waals surface area contributed by atoms with Crippen LogP contribution in [0.3, 0.4) is 0 Å². The average Bonchev–Trinajstić information content (AvgIpc) is 3.41. The summed E-state index contributed by atoms with van der Waals surface area (Å²) in [7, 11) is 0. The molecule has 0 unspecified atom stereocenters. The molecule has 6 rings (SSSR count). The van der Waals surface area contributed by atoms with Crippen molar-refractivity contribution < 1.29 is 9.50 Å². The summed E-state index contributed by atoms with van der Waals surface area (Å²) in [6, 6.07) is 18.4. The van der Waals surface area contributed by atoms with Gasteiger partial charge >= 0.3 is 0 Å². The first-order valence-corrected chi connectivity index (χ1v) is 10.4. The summed E-state index contributed by atoms with van der Waals surface area (Å²) < 4.78 is 14.1. The molecule has 0 bridgehead atoms. The SMILES string of the molecule is Cc1cc(F)cc(-c2cccc3[nH]c(-c4n[nH]c5ccc(-c6cncc(O)c6)nc45)cc23)c1. The Kier molecular flexibility index (Phi) is 4.23. The van der Waals surface area contributed by atoms with E-state index < -0.39 is 0 Å². The molecule has 0 atom stereocenters. The second-order valence-corrected chi connectivity index (χ2v) is 8.06. The summed E-state index contributed by atoms with van der Waals surface area (Å²) >= 11 is 0. The molecule has 0 amide bonds. The van der Waals surface area contributed by atoms with Gasteiger partial charge in [-0.1, -0.05) is 18.2 Å². The fourth-order valence-corrected chi connectivity index (χ4v) is 4.24. The monoisotopic (exact) mass is 435 g/mol. The molecule has 3 N–H and O–H groups in total. The molecule has 4 aromatic heterocycles. The van der Waals surface area contributed by atoms with Crippen molar-refractivity contribution >= 4 is 21.9 Å². The number of nitrogens with one attached hydrogen (secondary N) is 2. The van der Waals surface area contributed by atoms with Crippen molar-refractivity contribution in [1.29, 1.82) is 0 Å². The number of hydrogen-bond acceptors (Lipinski definition) is 4. The van der Waals surface area contributed by atoms with E-state index in [0.717, 1.165) is 38.8 Å². The summed E-state index contributed by atoms with van der Waals surface area (Å²) in [5, 5.41) is 18.3. The zero-order chi connectivity index (χ0) is 22.5. The van der Waals surface area contributed by atoms with E-state index in [0.29, 0.717) is 22.5 Å². The molecule has 0 saturated carbocycles. The Hall–Kier alpha value is -4.52. The van der Waals surface area contributed by atoms with Gasteiger partial charge in [0.15, 0.2) is 0 Å². The Morgan fingerprint density at radius 1 is 0.909 bits per heavy atom. The number of aromatic hydroxyl groups is 1. The summed E-state index contributed by atoms with van der Waals surface area (Å²) in [6.45, 7) is 1.89. The minimum absolute atomic E-state index is 0.0811. The van der Waals surface area contributed by atoms with E-state index in [4.69, 9.17) is 4.98 Å². The number of benzene rings is 2. The maximum Gasteiger partial charge on any atom is 0.135 e. The quantitative estimate of drug-likeness (QED) is 0.319. The van der Waals surface area contributed by atoms with Crippen LogP contribution in [-0.2, 0) is 0 Å². The fourth-order valence-electron chi connectivity index (χ4n) is 4.24. The van der Waals surface area contributed by atoms with Crippen LogP contribution >= 0.6 is 0 Å². The van der Waals surface area contributed by atoms with Gasteiger partial charge in [-0.2, -0.15) is 5.10 Å². The number of aromatic nitrogens is 5. The van der Waals surface area contributed by atoms with Gasteiger partial charge in [-0.05, 0) is 66.1 Å². The summed E-state index contributed by atoms with van der Waals surface area (Å²) in [6.07, 6.45) is 3.04. The van der Waals surface area contributed by atoms with Crippen LogP contribution in [0.4, 0.5) is 4.39 Å². The third-order valence-electron chi connectivity index (χ3n) is 5.70. The number of rotatable bonds is 3. The van der Waals surface area contributed by atoms with Gasteiger partial charge in [0.05, 0.1) is 23.1 Å². The van der Waals surface area contributed by atoms with Crippen LogP contribution < -0.4 is 0 Å². The molecule has 160 valence electrons. The number of halogens is 1. The van der Waals surface area contributed by atoms with E-state index in [9.17, 15) is 9.50 Å². The van der Waals surface area contributed by atoms with Crippen molar-refractivity contribution in [2.75, 3.05) is 0 Å². The number of pyridine rings is 2. The van der Waals surface area contributed by atoms with E-state index in [2.05, 4.69) is 20.2 Å². The molecule has 0 aliphatic carbocycles. The van der Waals surface area contributed by atoms with Gasteiger partial charge in [-0.15, -0.1) is 0 Å². The van der Waals surface area contributed by atoms with Gasteiger partial charge in [0.1, 0.15) is 22.8 Å². The van der Waals surface area contributed by atoms with Crippen LogP contribution in [0.15, 0.2) is 73.1 Å². The molecular formula is C26H18FN5O. The van der Waals surface area contributed by atoms with Crippen molar-refractivity contribution in [3.8, 4) is 39.5 Å². The van der Waals surface area contributed by atoms with Crippen LogP contribution in [-0.4, -0.2) is 30.3 Å². The summed E-state index contributed by atoms with van der Waals surface area (Å²) in [4.78, 5) is 12.3. The highest BCUT2D eigenvalue weighted by Gasteiger charge is 2.16. The topological polar surface area (TPSA) is 90.5 Å². The second kappa shape index (κ2) is 7.27. The smallest absolute Gasteiger partial charge is 0.135 e. The lowest BCUT2D eigenvalue weighted by Gasteiger charge is -2.05. The zero-order valence-electron chi connectivity index (χ0n) is 17.6. The van der Waals surface area contributed by atoms with Gasteiger partial charge in [0.25, 0.3) is 0 Å². The number of H-pyrrole nitrogens is 2. The highest BCUT2D eigenvalue weighted by atomic mass is 19.1. The van der Waals surface area contributed by atoms with Crippen LogP contribution in [0.2, 0.25) is 0 Å². The van der Waals surface area contributed by atoms with Crippen LogP contribution in [0, 0.1) is 12.7 Å². The van der Waals surface area contributed by atoms with Crippen LogP contribution in [0.25, 0.3) is 55.7 Å². The third-order valence-corrected chi connectivity index (χ3v) is 5.70. The molecule has 7 heteroatoms. The first-order chi connectivity index (χ1) is 16.0. The molecule has 6 nitrogen and oxygen atoms in total. The van der Waals surface area contributed by atoms with E-state index in [1.807, 2.05) is 49.4 Å². The number of fused-ring (bicyclic) bond motifs is 2. The maximum absolute atomic E-state index is 14.1. The van der Waals surface area contributed by atoms with Gasteiger partial charge in [-0.3, -0.25) is 10.1 Å². The highest BCUT2D eigenvalue weighted by Crippen LogP contribution is 2.35. The fraction of sp³-hybridized carbons (Fsp3) is 0.0385. The zero-order valence-corrected chi connectivity index (χ0v) is 17.6. The third kappa shape index (κ3) is 3.30. The van der Waals surface area contributed by atoms with Crippen LogP contribution in [0.5, 0.6) is 5.75 Å². The number of nitrogens with zero attached hydrogens (tertiary/aromatic N) is 3. The lowest BCUT2D eigenvalue weighted by Crippen LogP contribution is -1.86. The molecule has 0 fully saturated rings. The van der Waals surface area contributed by atoms with Gasteiger partial charge in [-0.25, -0.2) is 9.37 Å². The van der Waals surface area contributed by atoms with Crippen molar-refractivity contribution in [3.63, 3.8) is 0 Å². The van der Waals surface area contributed by atoms with Gasteiger partial charge in [0.2, 0.25) is 0 Å². The molecule has 0 aliphatic rings. The second-order valence-electron chi connectivity index (χ2n) is 8.06. The minimum Gasteiger partial charge on any atom is -0.506 e. The Bertz CT molecular complexity index is 1650. The van der Waals surface area contributed by atoms with E-state index in [-0.39, 0.29) is 11.6 Å². The van der Waals surface area contributed by atoms with Crippen molar-refractivity contribution in [1.82, 2.24) is 25.1 Å². The van der Waals surface area contributed by atoms with Gasteiger partial charge < -0.3 is 10.1 Å². The molecular weight excluding hydrogens is 417 g/mol. The molecule has 6 aromatic rings. The summed E-state index contributed by atoms with van der Waals surface area (Å²) in [5.41, 5.74) is 7.93. The Morgan fingerprint density at radius 3 is 2.67 bits per heavy atom.